The van der Waals surface area contributed by atoms with Crippen LogP contribution in [-0.2, 0) is 9.59 Å². The fourth-order valence-corrected chi connectivity index (χ4v) is 2.96. The van der Waals surface area contributed by atoms with E-state index >= 15 is 0 Å². The molecule has 0 unspecified atom stereocenters. The fraction of sp³-hybridized carbons (Fsp3) is 0.211. The zero-order valence-electron chi connectivity index (χ0n) is 14.3. The van der Waals surface area contributed by atoms with Crippen molar-refractivity contribution >= 4 is 23.2 Å². The van der Waals surface area contributed by atoms with Crippen molar-refractivity contribution < 1.29 is 19.1 Å². The summed E-state index contributed by atoms with van der Waals surface area (Å²) in [5, 5.41) is 16.4. The van der Waals surface area contributed by atoms with E-state index in [0.717, 1.165) is 5.56 Å². The summed E-state index contributed by atoms with van der Waals surface area (Å²) in [6, 6.07) is 9.42. The van der Waals surface area contributed by atoms with E-state index in [1.165, 1.54) is 12.1 Å². The summed E-state index contributed by atoms with van der Waals surface area (Å²) >= 11 is 0. The van der Waals surface area contributed by atoms with Crippen molar-refractivity contribution in [2.75, 3.05) is 5.32 Å². The SMILES string of the molecule is Cc1ccc(NC(=O)C(=O)N/N=C2\C[C@H](C)c3c(F)ccc(O)c32)cc1. The number of halogens is 1. The molecule has 0 aromatic heterocycles. The van der Waals surface area contributed by atoms with Crippen LogP contribution in [0.5, 0.6) is 5.75 Å². The van der Waals surface area contributed by atoms with Crippen LogP contribution in [0.4, 0.5) is 10.1 Å². The normalized spacial score (nSPS) is 17.0. The van der Waals surface area contributed by atoms with Crippen molar-refractivity contribution in [1.29, 1.82) is 0 Å². The Morgan fingerprint density at radius 1 is 1.15 bits per heavy atom. The Morgan fingerprint density at radius 2 is 1.85 bits per heavy atom. The van der Waals surface area contributed by atoms with Crippen LogP contribution in [0, 0.1) is 12.7 Å². The second kappa shape index (κ2) is 6.95. The monoisotopic (exact) mass is 355 g/mol. The number of carbonyl (C=O) groups is 2. The lowest BCUT2D eigenvalue weighted by molar-refractivity contribution is -0.136. The van der Waals surface area contributed by atoms with Crippen LogP contribution in [0.15, 0.2) is 41.5 Å². The zero-order chi connectivity index (χ0) is 18.8. The summed E-state index contributed by atoms with van der Waals surface area (Å²) in [6.45, 7) is 3.71. The quantitative estimate of drug-likeness (QED) is 0.571. The number of benzene rings is 2. The van der Waals surface area contributed by atoms with Gasteiger partial charge in [-0.15, -0.1) is 0 Å². The minimum atomic E-state index is -0.949. The summed E-state index contributed by atoms with van der Waals surface area (Å²) in [4.78, 5) is 23.9. The standard InChI is InChI=1S/C19H18FN3O3/c1-10-3-5-12(6-4-10)21-18(25)19(26)23-22-14-9-11(2)16-13(20)7-8-15(24)17(14)16/h3-8,11,24H,9H2,1-2H3,(H,21,25)(H,23,26)/b22-14+/t11-/m0/s1. The highest BCUT2D eigenvalue weighted by molar-refractivity contribution is 6.39. The maximum absolute atomic E-state index is 14.0. The highest BCUT2D eigenvalue weighted by atomic mass is 19.1. The summed E-state index contributed by atoms with van der Waals surface area (Å²) < 4.78 is 14.0. The molecule has 1 aliphatic rings. The Bertz CT molecular complexity index is 907. The van der Waals surface area contributed by atoms with Crippen LogP contribution >= 0.6 is 0 Å². The number of hydrogen-bond acceptors (Lipinski definition) is 4. The molecule has 26 heavy (non-hydrogen) atoms. The molecule has 134 valence electrons. The zero-order valence-corrected chi connectivity index (χ0v) is 14.3. The van der Waals surface area contributed by atoms with Crippen molar-refractivity contribution in [3.8, 4) is 5.75 Å². The number of amides is 2. The van der Waals surface area contributed by atoms with E-state index in [1.54, 1.807) is 19.1 Å². The predicted molar refractivity (Wildman–Crippen MR) is 95.6 cm³/mol. The van der Waals surface area contributed by atoms with E-state index in [-0.39, 0.29) is 17.2 Å². The van der Waals surface area contributed by atoms with Gasteiger partial charge in [-0.1, -0.05) is 24.6 Å². The van der Waals surface area contributed by atoms with E-state index in [2.05, 4.69) is 15.8 Å². The van der Waals surface area contributed by atoms with Gasteiger partial charge in [-0.05, 0) is 43.5 Å². The summed E-state index contributed by atoms with van der Waals surface area (Å²) in [5.41, 5.74) is 4.66. The molecule has 0 bridgehead atoms. The number of aryl methyl sites for hydroxylation is 1. The van der Waals surface area contributed by atoms with Gasteiger partial charge in [0.2, 0.25) is 0 Å². The highest BCUT2D eigenvalue weighted by Crippen LogP contribution is 2.39. The molecule has 0 spiro atoms. The number of phenols is 1. The molecule has 1 aliphatic carbocycles. The topological polar surface area (TPSA) is 90.8 Å². The van der Waals surface area contributed by atoms with Crippen LogP contribution in [-0.4, -0.2) is 22.6 Å². The number of aromatic hydroxyl groups is 1. The molecule has 6 nitrogen and oxygen atoms in total. The maximum atomic E-state index is 14.0. The first kappa shape index (κ1) is 17.6. The van der Waals surface area contributed by atoms with Gasteiger partial charge in [0, 0.05) is 16.8 Å². The van der Waals surface area contributed by atoms with Crippen molar-refractivity contribution in [1.82, 2.24) is 5.43 Å². The van der Waals surface area contributed by atoms with Crippen LogP contribution in [0.1, 0.15) is 36.0 Å². The van der Waals surface area contributed by atoms with Crippen LogP contribution in [0.25, 0.3) is 0 Å². The van der Waals surface area contributed by atoms with Gasteiger partial charge < -0.3 is 10.4 Å². The smallest absolute Gasteiger partial charge is 0.329 e. The summed E-state index contributed by atoms with van der Waals surface area (Å²) in [7, 11) is 0. The second-order valence-electron chi connectivity index (χ2n) is 6.28. The van der Waals surface area contributed by atoms with Gasteiger partial charge in [0.1, 0.15) is 11.6 Å². The van der Waals surface area contributed by atoms with Gasteiger partial charge in [0.05, 0.1) is 5.71 Å². The van der Waals surface area contributed by atoms with E-state index < -0.39 is 17.6 Å². The molecule has 0 heterocycles. The van der Waals surface area contributed by atoms with E-state index in [0.29, 0.717) is 23.4 Å². The number of phenolic OH excluding ortho intramolecular Hbond substituents is 1. The third-order valence-corrected chi connectivity index (χ3v) is 4.26. The van der Waals surface area contributed by atoms with Gasteiger partial charge in [0.15, 0.2) is 0 Å². The van der Waals surface area contributed by atoms with Gasteiger partial charge in [0.25, 0.3) is 0 Å². The lowest BCUT2D eigenvalue weighted by Gasteiger charge is -2.07. The van der Waals surface area contributed by atoms with Crippen LogP contribution in [0.2, 0.25) is 0 Å². The Hall–Kier alpha value is -3.22. The lowest BCUT2D eigenvalue weighted by Crippen LogP contribution is -2.33. The molecule has 0 saturated heterocycles. The minimum Gasteiger partial charge on any atom is -0.507 e. The molecular formula is C19H18FN3O3. The van der Waals surface area contributed by atoms with Gasteiger partial charge in [-0.3, -0.25) is 9.59 Å². The largest absolute Gasteiger partial charge is 0.507 e. The maximum Gasteiger partial charge on any atom is 0.329 e. The molecule has 3 rings (SSSR count). The third-order valence-electron chi connectivity index (χ3n) is 4.26. The molecule has 2 amide bonds. The molecule has 1 atom stereocenters. The van der Waals surface area contributed by atoms with E-state index in [4.69, 9.17) is 0 Å². The van der Waals surface area contributed by atoms with Crippen molar-refractivity contribution in [3.05, 3.63) is 58.9 Å². The minimum absolute atomic E-state index is 0.108. The summed E-state index contributed by atoms with van der Waals surface area (Å²) in [5.74, 6) is -2.54. The third kappa shape index (κ3) is 3.42. The van der Waals surface area contributed by atoms with Crippen molar-refractivity contribution in [2.24, 2.45) is 5.10 Å². The van der Waals surface area contributed by atoms with Gasteiger partial charge in [-0.25, -0.2) is 9.82 Å². The molecular weight excluding hydrogens is 337 g/mol. The second-order valence-corrected chi connectivity index (χ2v) is 6.28. The number of carbonyl (C=O) groups excluding carboxylic acids is 2. The number of nitrogens with zero attached hydrogens (tertiary/aromatic N) is 1. The highest BCUT2D eigenvalue weighted by Gasteiger charge is 2.31. The Kier molecular flexibility index (Phi) is 4.71. The Balaban J connectivity index is 1.73. The number of rotatable bonds is 2. The Morgan fingerprint density at radius 3 is 2.54 bits per heavy atom. The molecule has 0 fully saturated rings. The number of nitrogens with one attached hydrogen (secondary N) is 2. The molecule has 0 radical (unpaired) electrons. The molecule has 0 aliphatic heterocycles. The molecule has 2 aromatic rings. The number of fused-ring (bicyclic) bond motifs is 1. The first-order valence-corrected chi connectivity index (χ1v) is 8.13. The summed E-state index contributed by atoms with van der Waals surface area (Å²) in [6.07, 6.45) is 0.351. The van der Waals surface area contributed by atoms with Crippen molar-refractivity contribution in [2.45, 2.75) is 26.2 Å². The predicted octanol–water partition coefficient (Wildman–Crippen LogP) is 2.81. The van der Waals surface area contributed by atoms with Crippen LogP contribution in [0.3, 0.4) is 0 Å². The van der Waals surface area contributed by atoms with Gasteiger partial charge in [-0.2, -0.15) is 5.10 Å². The first-order valence-electron chi connectivity index (χ1n) is 8.13. The van der Waals surface area contributed by atoms with Crippen molar-refractivity contribution in [3.63, 3.8) is 0 Å². The van der Waals surface area contributed by atoms with E-state index in [9.17, 15) is 19.1 Å². The number of anilines is 1. The van der Waals surface area contributed by atoms with Crippen LogP contribution < -0.4 is 10.7 Å². The average Bonchev–Trinajstić information content (AvgIpc) is 2.95. The van der Waals surface area contributed by atoms with E-state index in [1.807, 2.05) is 19.1 Å². The average molecular weight is 355 g/mol. The van der Waals surface area contributed by atoms with Gasteiger partial charge >= 0.3 is 11.8 Å². The Labute approximate surface area is 149 Å². The molecule has 7 heteroatoms. The lowest BCUT2D eigenvalue weighted by atomic mass is 10.0. The molecule has 3 N–H and O–H groups in total. The molecule has 2 aromatic carbocycles. The molecule has 0 saturated carbocycles. The number of hydrogen-bond donors (Lipinski definition) is 3. The fourth-order valence-electron chi connectivity index (χ4n) is 2.96. The first-order chi connectivity index (χ1) is 12.4. The number of hydrazone groups is 1.